The number of aromatic nitrogens is 3. The molecule has 1 aromatic rings. The van der Waals surface area contributed by atoms with E-state index in [1.54, 1.807) is 7.05 Å². The van der Waals surface area contributed by atoms with E-state index in [1.165, 1.54) is 0 Å². The van der Waals surface area contributed by atoms with Crippen LogP contribution in [0.4, 0.5) is 0 Å². The summed E-state index contributed by atoms with van der Waals surface area (Å²) in [6.07, 6.45) is 0. The molecule has 0 spiro atoms. The second-order valence-corrected chi connectivity index (χ2v) is 2.47. The SMILES string of the molecule is CNC(=S)NCc1n[nH]c(=O)[nH]1. The predicted octanol–water partition coefficient (Wildman–Crippen LogP) is -1.31. The van der Waals surface area contributed by atoms with Crippen molar-refractivity contribution in [3.63, 3.8) is 0 Å². The first-order valence-corrected chi connectivity index (χ1v) is 3.72. The van der Waals surface area contributed by atoms with Gasteiger partial charge in [-0.3, -0.25) is 4.98 Å². The van der Waals surface area contributed by atoms with Crippen LogP contribution in [0.2, 0.25) is 0 Å². The number of hydrogen-bond donors (Lipinski definition) is 4. The van der Waals surface area contributed by atoms with Gasteiger partial charge in [0.05, 0.1) is 6.54 Å². The molecule has 0 aliphatic rings. The zero-order valence-corrected chi connectivity index (χ0v) is 7.29. The first kappa shape index (κ1) is 8.72. The van der Waals surface area contributed by atoms with E-state index in [-0.39, 0.29) is 5.69 Å². The molecule has 1 heterocycles. The van der Waals surface area contributed by atoms with Gasteiger partial charge < -0.3 is 10.6 Å². The molecule has 0 bridgehead atoms. The van der Waals surface area contributed by atoms with Crippen LogP contribution in [0.5, 0.6) is 0 Å². The Labute approximate surface area is 73.8 Å². The fourth-order valence-corrected chi connectivity index (χ4v) is 0.713. The van der Waals surface area contributed by atoms with Crippen LogP contribution in [0.25, 0.3) is 0 Å². The van der Waals surface area contributed by atoms with Gasteiger partial charge >= 0.3 is 5.69 Å². The Bertz CT molecular complexity index is 316. The Kier molecular flexibility index (Phi) is 2.81. The monoisotopic (exact) mass is 187 g/mol. The van der Waals surface area contributed by atoms with Crippen LogP contribution in [0.15, 0.2) is 4.79 Å². The van der Waals surface area contributed by atoms with Gasteiger partial charge in [0.2, 0.25) is 0 Å². The van der Waals surface area contributed by atoms with Crippen molar-refractivity contribution < 1.29 is 0 Å². The first-order valence-electron chi connectivity index (χ1n) is 3.31. The van der Waals surface area contributed by atoms with Crippen molar-refractivity contribution in [2.75, 3.05) is 7.05 Å². The molecule has 66 valence electrons. The van der Waals surface area contributed by atoms with Crippen LogP contribution in [-0.2, 0) is 6.54 Å². The van der Waals surface area contributed by atoms with E-state index in [9.17, 15) is 4.79 Å². The minimum absolute atomic E-state index is 0.317. The van der Waals surface area contributed by atoms with Crippen molar-refractivity contribution in [1.29, 1.82) is 0 Å². The van der Waals surface area contributed by atoms with Gasteiger partial charge in [-0.05, 0) is 12.2 Å². The number of H-pyrrole nitrogens is 2. The number of thiocarbonyl (C=S) groups is 1. The molecule has 1 rings (SSSR count). The van der Waals surface area contributed by atoms with Crippen molar-refractivity contribution in [3.05, 3.63) is 16.3 Å². The summed E-state index contributed by atoms with van der Waals surface area (Å²) >= 11 is 4.81. The third kappa shape index (κ3) is 2.35. The largest absolute Gasteiger partial charge is 0.366 e. The number of nitrogens with one attached hydrogen (secondary N) is 4. The zero-order valence-electron chi connectivity index (χ0n) is 6.47. The molecule has 12 heavy (non-hydrogen) atoms. The first-order chi connectivity index (χ1) is 5.72. The smallest absolute Gasteiger partial charge is 0.340 e. The fourth-order valence-electron chi connectivity index (χ4n) is 0.641. The second-order valence-electron chi connectivity index (χ2n) is 2.06. The third-order valence-electron chi connectivity index (χ3n) is 1.19. The highest BCUT2D eigenvalue weighted by atomic mass is 32.1. The number of rotatable bonds is 2. The van der Waals surface area contributed by atoms with Gasteiger partial charge in [0.25, 0.3) is 0 Å². The minimum atomic E-state index is -0.317. The Balaban J connectivity index is 2.43. The maximum atomic E-state index is 10.6. The lowest BCUT2D eigenvalue weighted by Gasteiger charge is -2.02. The highest BCUT2D eigenvalue weighted by Gasteiger charge is 1.97. The molecule has 6 nitrogen and oxygen atoms in total. The molecule has 4 N–H and O–H groups in total. The van der Waals surface area contributed by atoms with Gasteiger partial charge in [0.15, 0.2) is 5.11 Å². The summed E-state index contributed by atoms with van der Waals surface area (Å²) in [6.45, 7) is 0.401. The fraction of sp³-hybridized carbons (Fsp3) is 0.400. The van der Waals surface area contributed by atoms with E-state index in [2.05, 4.69) is 25.8 Å². The summed E-state index contributed by atoms with van der Waals surface area (Å²) in [5.74, 6) is 0.526. The molecular formula is C5H9N5OS. The van der Waals surface area contributed by atoms with E-state index < -0.39 is 0 Å². The highest BCUT2D eigenvalue weighted by molar-refractivity contribution is 7.80. The van der Waals surface area contributed by atoms with Gasteiger partial charge in [0, 0.05) is 7.05 Å². The summed E-state index contributed by atoms with van der Waals surface area (Å²) < 4.78 is 0. The molecule has 0 aliphatic heterocycles. The van der Waals surface area contributed by atoms with Gasteiger partial charge in [0.1, 0.15) is 5.82 Å². The molecule has 0 aliphatic carbocycles. The topological polar surface area (TPSA) is 85.6 Å². The Morgan fingerprint density at radius 3 is 3.00 bits per heavy atom. The van der Waals surface area contributed by atoms with Crippen LogP contribution >= 0.6 is 12.2 Å². The highest BCUT2D eigenvalue weighted by Crippen LogP contribution is 1.79. The number of aromatic amines is 2. The molecule has 0 amide bonds. The molecule has 0 unspecified atom stereocenters. The second kappa shape index (κ2) is 3.86. The lowest BCUT2D eigenvalue weighted by atomic mass is 10.6. The van der Waals surface area contributed by atoms with E-state index in [1.807, 2.05) is 0 Å². The van der Waals surface area contributed by atoms with E-state index in [0.29, 0.717) is 17.5 Å². The van der Waals surface area contributed by atoms with Crippen LogP contribution in [0, 0.1) is 0 Å². The Morgan fingerprint density at radius 1 is 1.75 bits per heavy atom. The normalized spacial score (nSPS) is 9.42. The van der Waals surface area contributed by atoms with Crippen LogP contribution in [-0.4, -0.2) is 27.3 Å². The van der Waals surface area contributed by atoms with Gasteiger partial charge in [-0.1, -0.05) is 0 Å². The van der Waals surface area contributed by atoms with Crippen molar-refractivity contribution in [2.24, 2.45) is 0 Å². The summed E-state index contributed by atoms with van der Waals surface area (Å²) in [4.78, 5) is 13.0. The van der Waals surface area contributed by atoms with Crippen molar-refractivity contribution in [3.8, 4) is 0 Å². The molecule has 0 radical (unpaired) electrons. The van der Waals surface area contributed by atoms with Crippen molar-refractivity contribution in [2.45, 2.75) is 6.54 Å². The van der Waals surface area contributed by atoms with Crippen LogP contribution in [0.1, 0.15) is 5.82 Å². The maximum Gasteiger partial charge on any atom is 0.340 e. The molecule has 7 heteroatoms. The van der Waals surface area contributed by atoms with E-state index in [0.717, 1.165) is 0 Å². The molecule has 0 aromatic carbocycles. The lowest BCUT2D eigenvalue weighted by Crippen LogP contribution is -2.32. The molecule has 0 atom stereocenters. The summed E-state index contributed by atoms with van der Waals surface area (Å²) in [5, 5.41) is 12.0. The van der Waals surface area contributed by atoms with Gasteiger partial charge in [-0.2, -0.15) is 5.10 Å². The maximum absolute atomic E-state index is 10.6. The average molecular weight is 187 g/mol. The molecule has 0 fully saturated rings. The van der Waals surface area contributed by atoms with Crippen LogP contribution < -0.4 is 16.3 Å². The summed E-state index contributed by atoms with van der Waals surface area (Å²) in [7, 11) is 1.71. The van der Waals surface area contributed by atoms with E-state index >= 15 is 0 Å². The van der Waals surface area contributed by atoms with E-state index in [4.69, 9.17) is 12.2 Å². The van der Waals surface area contributed by atoms with Gasteiger partial charge in [-0.25, -0.2) is 9.89 Å². The molecule has 0 saturated carbocycles. The van der Waals surface area contributed by atoms with Gasteiger partial charge in [-0.15, -0.1) is 0 Å². The number of hydrogen-bond acceptors (Lipinski definition) is 3. The van der Waals surface area contributed by atoms with Crippen molar-refractivity contribution in [1.82, 2.24) is 25.8 Å². The summed E-state index contributed by atoms with van der Waals surface area (Å²) in [5.41, 5.74) is -0.317. The quantitative estimate of drug-likeness (QED) is 0.432. The zero-order chi connectivity index (χ0) is 8.97. The number of nitrogens with zero attached hydrogens (tertiary/aromatic N) is 1. The molecular weight excluding hydrogens is 178 g/mol. The lowest BCUT2D eigenvalue weighted by molar-refractivity contribution is 0.819. The van der Waals surface area contributed by atoms with Crippen LogP contribution in [0.3, 0.4) is 0 Å². The average Bonchev–Trinajstić information content (AvgIpc) is 2.47. The standard InChI is InChI=1S/C5H9N5OS/c1-6-5(12)7-2-3-8-4(11)10-9-3/h2H2,1H3,(H2,6,7,12)(H2,8,9,10,11). The minimum Gasteiger partial charge on any atom is -0.366 e. The molecule has 1 aromatic heterocycles. The Hall–Kier alpha value is -1.37. The third-order valence-corrected chi connectivity index (χ3v) is 1.54. The van der Waals surface area contributed by atoms with Crippen molar-refractivity contribution >= 4 is 17.3 Å². The summed E-state index contributed by atoms with van der Waals surface area (Å²) in [6, 6.07) is 0. The predicted molar refractivity (Wildman–Crippen MR) is 47.7 cm³/mol. The Morgan fingerprint density at radius 2 is 2.50 bits per heavy atom. The molecule has 0 saturated heterocycles.